The van der Waals surface area contributed by atoms with E-state index in [0.29, 0.717) is 28.1 Å². The molecule has 2 aliphatic heterocycles. The summed E-state index contributed by atoms with van der Waals surface area (Å²) in [5.41, 5.74) is 1.37. The van der Waals surface area contributed by atoms with Gasteiger partial charge in [-0.15, -0.1) is 11.3 Å². The molecule has 1 aromatic carbocycles. The molecule has 11 heteroatoms. The van der Waals surface area contributed by atoms with E-state index in [1.807, 2.05) is 0 Å². The smallest absolute Gasteiger partial charge is 0.414 e. The molecule has 2 saturated heterocycles. The third-order valence-electron chi connectivity index (χ3n) is 4.78. The van der Waals surface area contributed by atoms with Crippen LogP contribution in [0.15, 0.2) is 36.4 Å². The predicted octanol–water partition coefficient (Wildman–Crippen LogP) is 2.11. The van der Waals surface area contributed by atoms with E-state index in [-0.39, 0.29) is 31.5 Å². The highest BCUT2D eigenvalue weighted by Crippen LogP contribution is 2.26. The van der Waals surface area contributed by atoms with Crippen LogP contribution in [0.4, 0.5) is 16.2 Å². The Balaban J connectivity index is 1.38. The van der Waals surface area contributed by atoms with Crippen molar-refractivity contribution in [2.45, 2.75) is 6.10 Å². The number of carbonyl (C=O) groups excluding carboxylic acids is 3. The second-order valence-corrected chi connectivity index (χ2v) is 8.51. The highest BCUT2D eigenvalue weighted by Gasteiger charge is 2.34. The fourth-order valence-corrected chi connectivity index (χ4v) is 4.30. The SMILES string of the molecule is NN(CC1CN(c2ccc(N3CCOCC3=O)cc2)C(=O)O1)C(=O)c1ccc(Cl)s1. The summed E-state index contributed by atoms with van der Waals surface area (Å²) in [6.07, 6.45) is -1.09. The Morgan fingerprint density at radius 3 is 2.50 bits per heavy atom. The summed E-state index contributed by atoms with van der Waals surface area (Å²) in [5, 5.41) is 1.02. The van der Waals surface area contributed by atoms with Gasteiger partial charge >= 0.3 is 6.09 Å². The van der Waals surface area contributed by atoms with E-state index in [1.165, 1.54) is 4.90 Å². The van der Waals surface area contributed by atoms with Crippen molar-refractivity contribution in [1.29, 1.82) is 0 Å². The molecule has 2 fully saturated rings. The number of nitrogens with zero attached hydrogens (tertiary/aromatic N) is 3. The Morgan fingerprint density at radius 2 is 1.87 bits per heavy atom. The second-order valence-electron chi connectivity index (χ2n) is 6.79. The average molecular weight is 451 g/mol. The first-order valence-electron chi connectivity index (χ1n) is 9.20. The van der Waals surface area contributed by atoms with Gasteiger partial charge in [0.05, 0.1) is 28.9 Å². The van der Waals surface area contributed by atoms with E-state index in [2.05, 4.69) is 0 Å². The molecule has 9 nitrogen and oxygen atoms in total. The number of amides is 3. The highest BCUT2D eigenvalue weighted by molar-refractivity contribution is 7.17. The molecule has 3 amide bonds. The minimum Gasteiger partial charge on any atom is -0.442 e. The number of nitrogens with two attached hydrogens (primary N) is 1. The third-order valence-corrected chi connectivity index (χ3v) is 6.00. The number of thiophene rings is 1. The molecule has 158 valence electrons. The largest absolute Gasteiger partial charge is 0.442 e. The monoisotopic (exact) mass is 450 g/mol. The molecule has 1 atom stereocenters. The van der Waals surface area contributed by atoms with Crippen molar-refractivity contribution in [3.63, 3.8) is 0 Å². The van der Waals surface area contributed by atoms with Crippen molar-refractivity contribution in [1.82, 2.24) is 5.01 Å². The lowest BCUT2D eigenvalue weighted by Gasteiger charge is -2.27. The molecule has 0 aliphatic carbocycles. The Labute approximate surface area is 181 Å². The molecule has 0 spiro atoms. The molecule has 2 N–H and O–H groups in total. The number of hydrogen-bond acceptors (Lipinski definition) is 7. The molecule has 0 radical (unpaired) electrons. The van der Waals surface area contributed by atoms with Gasteiger partial charge < -0.3 is 14.4 Å². The quantitative estimate of drug-likeness (QED) is 0.425. The van der Waals surface area contributed by atoms with E-state index in [4.69, 9.17) is 26.9 Å². The van der Waals surface area contributed by atoms with Gasteiger partial charge in [-0.3, -0.25) is 19.5 Å². The number of cyclic esters (lactones) is 1. The van der Waals surface area contributed by atoms with Crippen LogP contribution in [0.1, 0.15) is 9.67 Å². The fourth-order valence-electron chi connectivity index (χ4n) is 3.30. The number of hydrazine groups is 1. The molecule has 0 bridgehead atoms. The summed E-state index contributed by atoms with van der Waals surface area (Å²) in [5.74, 6) is 5.38. The zero-order chi connectivity index (χ0) is 21.3. The van der Waals surface area contributed by atoms with E-state index in [1.54, 1.807) is 41.3 Å². The van der Waals surface area contributed by atoms with Crippen molar-refractivity contribution in [3.8, 4) is 0 Å². The van der Waals surface area contributed by atoms with Gasteiger partial charge in [-0.25, -0.2) is 10.6 Å². The van der Waals surface area contributed by atoms with Gasteiger partial charge in [0.15, 0.2) is 0 Å². The molecule has 2 aromatic rings. The van der Waals surface area contributed by atoms with Gasteiger partial charge in [0.2, 0.25) is 0 Å². The third kappa shape index (κ3) is 4.26. The van der Waals surface area contributed by atoms with Gasteiger partial charge in [0.1, 0.15) is 12.7 Å². The van der Waals surface area contributed by atoms with Crippen molar-refractivity contribution in [2.24, 2.45) is 5.84 Å². The molecular formula is C19H19ClN4O5S. The summed E-state index contributed by atoms with van der Waals surface area (Å²) in [7, 11) is 0. The van der Waals surface area contributed by atoms with Crippen LogP contribution >= 0.6 is 22.9 Å². The molecule has 2 aliphatic rings. The van der Waals surface area contributed by atoms with Crippen molar-refractivity contribution in [3.05, 3.63) is 45.6 Å². The van der Waals surface area contributed by atoms with E-state index in [0.717, 1.165) is 22.0 Å². The van der Waals surface area contributed by atoms with Crippen molar-refractivity contribution < 1.29 is 23.9 Å². The first kappa shape index (κ1) is 20.6. The number of anilines is 2. The van der Waals surface area contributed by atoms with Crippen LogP contribution < -0.4 is 15.6 Å². The van der Waals surface area contributed by atoms with Crippen LogP contribution in [0.2, 0.25) is 4.34 Å². The number of halogens is 1. The lowest BCUT2D eigenvalue weighted by atomic mass is 10.2. The topological polar surface area (TPSA) is 105 Å². The highest BCUT2D eigenvalue weighted by atomic mass is 35.5. The number of rotatable bonds is 5. The van der Waals surface area contributed by atoms with E-state index >= 15 is 0 Å². The zero-order valence-corrected chi connectivity index (χ0v) is 17.4. The molecule has 1 unspecified atom stereocenters. The minimum atomic E-state index is -0.567. The summed E-state index contributed by atoms with van der Waals surface area (Å²) in [4.78, 5) is 40.1. The fraction of sp³-hybridized carbons (Fsp3) is 0.316. The van der Waals surface area contributed by atoms with Crippen LogP contribution in [0, 0.1) is 0 Å². The summed E-state index contributed by atoms with van der Waals surface area (Å²) in [6, 6.07) is 10.3. The second kappa shape index (κ2) is 8.60. The number of carbonyl (C=O) groups is 3. The molecule has 3 heterocycles. The molecule has 30 heavy (non-hydrogen) atoms. The Morgan fingerprint density at radius 1 is 1.17 bits per heavy atom. The van der Waals surface area contributed by atoms with Gasteiger partial charge in [-0.1, -0.05) is 11.6 Å². The maximum atomic E-state index is 12.4. The van der Waals surface area contributed by atoms with Gasteiger partial charge in [0.25, 0.3) is 11.8 Å². The molecule has 4 rings (SSSR count). The summed E-state index contributed by atoms with van der Waals surface area (Å²) < 4.78 is 11.0. The van der Waals surface area contributed by atoms with Gasteiger partial charge in [-0.2, -0.15) is 0 Å². The minimum absolute atomic E-state index is 0.0525. The van der Waals surface area contributed by atoms with Crippen LogP contribution in [0.25, 0.3) is 0 Å². The average Bonchev–Trinajstić information content (AvgIpc) is 3.33. The van der Waals surface area contributed by atoms with Crippen LogP contribution in [0.5, 0.6) is 0 Å². The Hall–Kier alpha value is -2.66. The van der Waals surface area contributed by atoms with Crippen LogP contribution in [-0.2, 0) is 14.3 Å². The van der Waals surface area contributed by atoms with E-state index < -0.39 is 12.2 Å². The molecule has 1 aromatic heterocycles. The van der Waals surface area contributed by atoms with Crippen molar-refractivity contribution in [2.75, 3.05) is 42.6 Å². The summed E-state index contributed by atoms with van der Waals surface area (Å²) in [6.45, 7) is 1.34. The van der Waals surface area contributed by atoms with Crippen molar-refractivity contribution >= 4 is 52.2 Å². The molecular weight excluding hydrogens is 432 g/mol. The van der Waals surface area contributed by atoms with E-state index in [9.17, 15) is 14.4 Å². The standard InChI is InChI=1S/C19H19ClN4O5S/c20-16-6-5-15(30-16)18(26)24(21)10-14-9-23(19(27)29-14)13-3-1-12(2-4-13)22-7-8-28-11-17(22)25/h1-6,14H,7-11,21H2. The lowest BCUT2D eigenvalue weighted by molar-refractivity contribution is -0.125. The normalized spacial score (nSPS) is 19.2. The van der Waals surface area contributed by atoms with Crippen LogP contribution in [0.3, 0.4) is 0 Å². The van der Waals surface area contributed by atoms with Gasteiger partial charge in [-0.05, 0) is 36.4 Å². The lowest BCUT2D eigenvalue weighted by Crippen LogP contribution is -2.43. The first-order valence-corrected chi connectivity index (χ1v) is 10.4. The number of benzene rings is 1. The number of hydrogen-bond donors (Lipinski definition) is 1. The maximum absolute atomic E-state index is 12.4. The number of morpholine rings is 1. The number of ether oxygens (including phenoxy) is 2. The molecule has 0 saturated carbocycles. The Bertz CT molecular complexity index is 966. The van der Waals surface area contributed by atoms with Gasteiger partial charge in [0, 0.05) is 17.9 Å². The zero-order valence-electron chi connectivity index (χ0n) is 15.8. The first-order chi connectivity index (χ1) is 14.4. The Kier molecular flexibility index (Phi) is 5.91. The van der Waals surface area contributed by atoms with Crippen LogP contribution in [-0.4, -0.2) is 61.9 Å². The maximum Gasteiger partial charge on any atom is 0.414 e. The summed E-state index contributed by atoms with van der Waals surface area (Å²) >= 11 is 6.99. The predicted molar refractivity (Wildman–Crippen MR) is 112 cm³/mol.